The molecule has 2 N–H and O–H groups in total. The number of carbonyl (C=O) groups excluding carboxylic acids is 1. The molecule has 1 aromatic heterocycles. The van der Waals surface area contributed by atoms with Crippen molar-refractivity contribution in [3.63, 3.8) is 0 Å². The lowest BCUT2D eigenvalue weighted by molar-refractivity contribution is 0.0948. The van der Waals surface area contributed by atoms with E-state index >= 15 is 0 Å². The highest BCUT2D eigenvalue weighted by Gasteiger charge is 2.18. The molecule has 1 aromatic rings. The minimum atomic E-state index is -4.39. The van der Waals surface area contributed by atoms with Crippen molar-refractivity contribution in [1.29, 1.82) is 0 Å². The largest absolute Gasteiger partial charge is 0.450 e. The van der Waals surface area contributed by atoms with Gasteiger partial charge in [0, 0.05) is 12.6 Å². The van der Waals surface area contributed by atoms with Gasteiger partial charge < -0.3 is 9.73 Å². The Kier molecular flexibility index (Phi) is 3.71. The van der Waals surface area contributed by atoms with Gasteiger partial charge in [-0.05, 0) is 5.92 Å². The van der Waals surface area contributed by atoms with Gasteiger partial charge in [-0.25, -0.2) is 0 Å². The zero-order valence-electron chi connectivity index (χ0n) is 8.93. The van der Waals surface area contributed by atoms with Gasteiger partial charge in [0.1, 0.15) is 6.26 Å². The number of hydrogen-bond acceptors (Lipinski definition) is 4. The fourth-order valence-electron chi connectivity index (χ4n) is 0.970. The van der Waals surface area contributed by atoms with Crippen molar-refractivity contribution >= 4 is 16.0 Å². The van der Waals surface area contributed by atoms with Gasteiger partial charge in [0.2, 0.25) is 5.09 Å². The van der Waals surface area contributed by atoms with E-state index in [1.807, 2.05) is 13.8 Å². The summed E-state index contributed by atoms with van der Waals surface area (Å²) in [6, 6.07) is 0.977. The average Bonchev–Trinajstić information content (AvgIpc) is 2.61. The van der Waals surface area contributed by atoms with Gasteiger partial charge in [-0.15, -0.1) is 0 Å². The molecule has 1 heterocycles. The molecule has 0 radical (unpaired) electrons. The monoisotopic (exact) mass is 247 g/mol. The molecule has 0 saturated carbocycles. The first-order valence-corrected chi connectivity index (χ1v) is 6.09. The molecule has 0 aliphatic rings. The van der Waals surface area contributed by atoms with Crippen LogP contribution in [0.25, 0.3) is 0 Å². The summed E-state index contributed by atoms with van der Waals surface area (Å²) in [5, 5.41) is 1.95. The van der Waals surface area contributed by atoms with Crippen LogP contribution >= 0.6 is 0 Å². The number of hydrogen-bond donors (Lipinski definition) is 2. The Balaban J connectivity index is 2.75. The minimum absolute atomic E-state index is 0.0632. The lowest BCUT2D eigenvalue weighted by Gasteiger charge is -2.05. The standard InChI is InChI=1S/C9H13NO5S/c1-6(2)4-10-9(11)7-3-8(15-5-7)16(12,13)14/h3,5-6H,4H2,1-2H3,(H,10,11)(H,12,13,14). The van der Waals surface area contributed by atoms with Crippen LogP contribution in [0.2, 0.25) is 0 Å². The van der Waals surface area contributed by atoms with Crippen LogP contribution in [-0.4, -0.2) is 25.4 Å². The van der Waals surface area contributed by atoms with Crippen LogP contribution in [0.15, 0.2) is 21.8 Å². The summed E-state index contributed by atoms with van der Waals surface area (Å²) in [4.78, 5) is 11.4. The summed E-state index contributed by atoms with van der Waals surface area (Å²) in [6.07, 6.45) is 0.985. The lowest BCUT2D eigenvalue weighted by atomic mass is 10.2. The summed E-state index contributed by atoms with van der Waals surface area (Å²) >= 11 is 0. The van der Waals surface area contributed by atoms with Gasteiger partial charge in [0.25, 0.3) is 5.91 Å². The van der Waals surface area contributed by atoms with Gasteiger partial charge in [-0.3, -0.25) is 9.35 Å². The second-order valence-corrected chi connectivity index (χ2v) is 5.09. The lowest BCUT2D eigenvalue weighted by Crippen LogP contribution is -2.26. The summed E-state index contributed by atoms with van der Waals surface area (Å²) < 4.78 is 34.5. The molecule has 90 valence electrons. The van der Waals surface area contributed by atoms with Gasteiger partial charge in [0.15, 0.2) is 0 Å². The highest BCUT2D eigenvalue weighted by molar-refractivity contribution is 7.85. The van der Waals surface area contributed by atoms with Crippen molar-refractivity contribution in [2.75, 3.05) is 6.54 Å². The van der Waals surface area contributed by atoms with Crippen LogP contribution in [0.5, 0.6) is 0 Å². The molecule has 0 aliphatic carbocycles. The Labute approximate surface area is 93.4 Å². The van der Waals surface area contributed by atoms with Crippen LogP contribution in [-0.2, 0) is 10.1 Å². The molecule has 0 saturated heterocycles. The molecule has 0 aliphatic heterocycles. The summed E-state index contributed by atoms with van der Waals surface area (Å²) in [5.74, 6) is -0.149. The van der Waals surface area contributed by atoms with Crippen molar-refractivity contribution < 1.29 is 22.2 Å². The van der Waals surface area contributed by atoms with Crippen molar-refractivity contribution in [3.8, 4) is 0 Å². The number of carbonyl (C=O) groups is 1. The zero-order chi connectivity index (χ0) is 12.3. The maximum absolute atomic E-state index is 11.4. The predicted molar refractivity (Wildman–Crippen MR) is 55.7 cm³/mol. The number of nitrogens with one attached hydrogen (secondary N) is 1. The molecule has 1 rings (SSSR count). The van der Waals surface area contributed by atoms with Crippen molar-refractivity contribution in [2.45, 2.75) is 18.9 Å². The minimum Gasteiger partial charge on any atom is -0.450 e. The summed E-state index contributed by atoms with van der Waals surface area (Å²) in [7, 11) is -4.39. The zero-order valence-corrected chi connectivity index (χ0v) is 9.74. The second kappa shape index (κ2) is 4.67. The van der Waals surface area contributed by atoms with E-state index in [4.69, 9.17) is 4.55 Å². The number of furan rings is 1. The SMILES string of the molecule is CC(C)CNC(=O)c1coc(S(=O)(=O)O)c1. The molecule has 6 nitrogen and oxygen atoms in total. The van der Waals surface area contributed by atoms with Crippen molar-refractivity contribution in [2.24, 2.45) is 5.92 Å². The highest BCUT2D eigenvalue weighted by atomic mass is 32.2. The van der Waals surface area contributed by atoms with Crippen molar-refractivity contribution in [3.05, 3.63) is 17.9 Å². The van der Waals surface area contributed by atoms with Crippen LogP contribution in [0, 0.1) is 5.92 Å². The normalized spacial score (nSPS) is 11.8. The Morgan fingerprint density at radius 2 is 2.19 bits per heavy atom. The Morgan fingerprint density at radius 3 is 2.62 bits per heavy atom. The molecule has 0 atom stereocenters. The first-order valence-electron chi connectivity index (χ1n) is 4.65. The first kappa shape index (κ1) is 12.7. The molecule has 7 heteroatoms. The van der Waals surface area contributed by atoms with Gasteiger partial charge >= 0.3 is 10.1 Å². The van der Waals surface area contributed by atoms with E-state index in [-0.39, 0.29) is 11.5 Å². The Hall–Kier alpha value is -1.34. The van der Waals surface area contributed by atoms with E-state index in [2.05, 4.69) is 9.73 Å². The molecule has 0 unspecified atom stereocenters. The van der Waals surface area contributed by atoms with Gasteiger partial charge in [-0.2, -0.15) is 8.42 Å². The summed E-state index contributed by atoms with van der Waals surface area (Å²) in [5.41, 5.74) is 0.0632. The van der Waals surface area contributed by atoms with E-state index in [0.717, 1.165) is 12.3 Å². The van der Waals surface area contributed by atoms with Crippen molar-refractivity contribution in [1.82, 2.24) is 5.32 Å². The molecule has 1 amide bonds. The third-order valence-corrected chi connectivity index (χ3v) is 2.49. The number of rotatable bonds is 4. The van der Waals surface area contributed by atoms with E-state index in [1.165, 1.54) is 0 Å². The van der Waals surface area contributed by atoms with E-state index < -0.39 is 21.1 Å². The third kappa shape index (κ3) is 3.35. The van der Waals surface area contributed by atoms with E-state index in [1.54, 1.807) is 0 Å². The predicted octanol–water partition coefficient (Wildman–Crippen LogP) is 0.912. The molecule has 0 spiro atoms. The third-order valence-electron chi connectivity index (χ3n) is 1.76. The van der Waals surface area contributed by atoms with E-state index in [9.17, 15) is 13.2 Å². The Bertz CT molecular complexity index is 474. The summed E-state index contributed by atoms with van der Waals surface area (Å²) in [6.45, 7) is 4.34. The van der Waals surface area contributed by atoms with Gasteiger partial charge in [-0.1, -0.05) is 13.8 Å². The van der Waals surface area contributed by atoms with E-state index in [0.29, 0.717) is 6.54 Å². The number of amides is 1. The molecule has 0 bridgehead atoms. The molecular formula is C9H13NO5S. The smallest absolute Gasteiger partial charge is 0.328 e. The fraction of sp³-hybridized carbons (Fsp3) is 0.444. The van der Waals surface area contributed by atoms with Crippen LogP contribution < -0.4 is 5.32 Å². The van der Waals surface area contributed by atoms with Gasteiger partial charge in [0.05, 0.1) is 5.56 Å². The quantitative estimate of drug-likeness (QED) is 0.771. The molecule has 16 heavy (non-hydrogen) atoms. The first-order chi connectivity index (χ1) is 7.30. The molecule has 0 fully saturated rings. The topological polar surface area (TPSA) is 96.6 Å². The van der Waals surface area contributed by atoms with Crippen LogP contribution in [0.1, 0.15) is 24.2 Å². The molecule has 0 aromatic carbocycles. The highest BCUT2D eigenvalue weighted by Crippen LogP contribution is 2.13. The maximum Gasteiger partial charge on any atom is 0.328 e. The fourth-order valence-corrected chi connectivity index (χ4v) is 1.42. The van der Waals surface area contributed by atoms with Crippen LogP contribution in [0.4, 0.5) is 0 Å². The van der Waals surface area contributed by atoms with Crippen LogP contribution in [0.3, 0.4) is 0 Å². The molecular weight excluding hydrogens is 234 g/mol. The Morgan fingerprint density at radius 1 is 1.56 bits per heavy atom. The second-order valence-electron chi connectivity index (χ2n) is 3.73. The average molecular weight is 247 g/mol. The maximum atomic E-state index is 11.4.